The molecule has 2 aromatic carbocycles. The summed E-state index contributed by atoms with van der Waals surface area (Å²) in [4.78, 5) is 15.4. The number of anilines is 1. The van der Waals surface area contributed by atoms with Gasteiger partial charge in [0.15, 0.2) is 5.69 Å². The Balaban J connectivity index is 1.77. The van der Waals surface area contributed by atoms with E-state index in [4.69, 9.17) is 0 Å². The number of imidazole rings is 1. The second-order valence-electron chi connectivity index (χ2n) is 5.14. The van der Waals surface area contributed by atoms with Gasteiger partial charge in [0.1, 0.15) is 5.82 Å². The van der Waals surface area contributed by atoms with Gasteiger partial charge in [0.2, 0.25) is 0 Å². The fraction of sp³-hybridized carbons (Fsp3) is 0.0588. The minimum atomic E-state index is -4.52. The van der Waals surface area contributed by atoms with Gasteiger partial charge in [0.25, 0.3) is 5.91 Å². The average molecular weight is 349 g/mol. The largest absolute Gasteiger partial charge is 0.434 e. The number of alkyl halides is 3. The van der Waals surface area contributed by atoms with Crippen LogP contribution < -0.4 is 5.32 Å². The fourth-order valence-electron chi connectivity index (χ4n) is 2.15. The van der Waals surface area contributed by atoms with E-state index in [1.165, 1.54) is 47.0 Å². The predicted octanol–water partition coefficient (Wildman–Crippen LogP) is 4.28. The van der Waals surface area contributed by atoms with Crippen LogP contribution in [0.3, 0.4) is 0 Å². The zero-order valence-electron chi connectivity index (χ0n) is 12.6. The predicted molar refractivity (Wildman–Crippen MR) is 82.9 cm³/mol. The maximum absolute atomic E-state index is 13.5. The van der Waals surface area contributed by atoms with Crippen molar-refractivity contribution in [1.29, 1.82) is 0 Å². The molecule has 0 radical (unpaired) electrons. The van der Waals surface area contributed by atoms with Crippen molar-refractivity contribution >= 4 is 11.6 Å². The summed E-state index contributed by atoms with van der Waals surface area (Å²) in [5, 5.41) is 2.43. The van der Waals surface area contributed by atoms with Crippen LogP contribution in [0.15, 0.2) is 61.1 Å². The zero-order chi connectivity index (χ0) is 18.0. The highest BCUT2D eigenvalue weighted by molar-refractivity contribution is 6.04. The summed E-state index contributed by atoms with van der Waals surface area (Å²) in [6, 6.07) is 11.5. The first-order valence-corrected chi connectivity index (χ1v) is 7.12. The topological polar surface area (TPSA) is 46.9 Å². The summed E-state index contributed by atoms with van der Waals surface area (Å²) in [6.45, 7) is 0. The Bertz CT molecular complexity index is 901. The third-order valence-electron chi connectivity index (χ3n) is 3.42. The Kier molecular flexibility index (Phi) is 4.26. The number of aromatic nitrogens is 2. The molecule has 0 aliphatic rings. The molecule has 25 heavy (non-hydrogen) atoms. The summed E-state index contributed by atoms with van der Waals surface area (Å²) in [5.41, 5.74) is -0.316. The van der Waals surface area contributed by atoms with E-state index >= 15 is 0 Å². The first-order chi connectivity index (χ1) is 11.8. The van der Waals surface area contributed by atoms with Gasteiger partial charge in [0.05, 0.1) is 12.0 Å². The van der Waals surface area contributed by atoms with E-state index in [9.17, 15) is 22.4 Å². The van der Waals surface area contributed by atoms with Gasteiger partial charge in [-0.1, -0.05) is 12.1 Å². The number of halogens is 4. The van der Waals surface area contributed by atoms with Crippen LogP contribution in [0, 0.1) is 5.82 Å². The second kappa shape index (κ2) is 6.39. The molecule has 0 aliphatic carbocycles. The van der Waals surface area contributed by atoms with E-state index in [0.29, 0.717) is 5.69 Å². The molecule has 4 nitrogen and oxygen atoms in total. The van der Waals surface area contributed by atoms with Gasteiger partial charge in [-0.05, 0) is 36.4 Å². The third kappa shape index (κ3) is 3.68. The Labute approximate surface area is 139 Å². The molecule has 1 aromatic heterocycles. The molecular formula is C17H11F4N3O. The zero-order valence-corrected chi connectivity index (χ0v) is 12.6. The lowest BCUT2D eigenvalue weighted by Gasteiger charge is -2.07. The molecule has 0 atom stereocenters. The molecule has 3 aromatic rings. The first kappa shape index (κ1) is 16.7. The highest BCUT2D eigenvalue weighted by atomic mass is 19.4. The summed E-state index contributed by atoms with van der Waals surface area (Å²) in [5.74, 6) is -1.09. The molecule has 0 unspecified atom stereocenters. The number of hydrogen-bond acceptors (Lipinski definition) is 2. The minimum absolute atomic E-state index is 0.0426. The SMILES string of the molecule is O=C(Nc1ccccc1F)c1ccc(-n2cnc(C(F)(F)F)c2)cc1. The molecule has 0 saturated carbocycles. The smallest absolute Gasteiger partial charge is 0.319 e. The van der Waals surface area contributed by atoms with Gasteiger partial charge in [-0.15, -0.1) is 0 Å². The van der Waals surface area contributed by atoms with Gasteiger partial charge < -0.3 is 9.88 Å². The highest BCUT2D eigenvalue weighted by Crippen LogP contribution is 2.28. The molecule has 128 valence electrons. The quantitative estimate of drug-likeness (QED) is 0.718. The van der Waals surface area contributed by atoms with Crippen LogP contribution in [-0.4, -0.2) is 15.5 Å². The summed E-state index contributed by atoms with van der Waals surface area (Å²) < 4.78 is 52.4. The molecule has 3 rings (SSSR count). The van der Waals surface area contributed by atoms with E-state index in [-0.39, 0.29) is 11.3 Å². The van der Waals surface area contributed by atoms with Crippen LogP contribution in [0.5, 0.6) is 0 Å². The number of rotatable bonds is 3. The number of amides is 1. The number of nitrogens with one attached hydrogen (secondary N) is 1. The van der Waals surface area contributed by atoms with Crippen molar-refractivity contribution in [2.24, 2.45) is 0 Å². The Morgan fingerprint density at radius 3 is 2.32 bits per heavy atom. The number of para-hydroxylation sites is 1. The first-order valence-electron chi connectivity index (χ1n) is 7.12. The fourth-order valence-corrected chi connectivity index (χ4v) is 2.15. The Morgan fingerprint density at radius 1 is 1.04 bits per heavy atom. The number of nitrogens with zero attached hydrogens (tertiary/aromatic N) is 2. The number of carbonyl (C=O) groups excluding carboxylic acids is 1. The molecule has 1 heterocycles. The molecule has 0 bridgehead atoms. The van der Waals surface area contributed by atoms with E-state index in [2.05, 4.69) is 10.3 Å². The summed E-state index contributed by atoms with van der Waals surface area (Å²) >= 11 is 0. The van der Waals surface area contributed by atoms with E-state index < -0.39 is 23.6 Å². The van der Waals surface area contributed by atoms with Gasteiger partial charge in [-0.2, -0.15) is 13.2 Å². The number of benzene rings is 2. The summed E-state index contributed by atoms with van der Waals surface area (Å²) in [7, 11) is 0. The van der Waals surface area contributed by atoms with Crippen LogP contribution in [0.25, 0.3) is 5.69 Å². The Morgan fingerprint density at radius 2 is 1.72 bits per heavy atom. The van der Waals surface area contributed by atoms with Crippen LogP contribution in [0.4, 0.5) is 23.2 Å². The highest BCUT2D eigenvalue weighted by Gasteiger charge is 2.33. The lowest BCUT2D eigenvalue weighted by molar-refractivity contribution is -0.140. The molecule has 0 fully saturated rings. The van der Waals surface area contributed by atoms with Crippen LogP contribution in [0.2, 0.25) is 0 Å². The lowest BCUT2D eigenvalue weighted by atomic mass is 10.2. The minimum Gasteiger partial charge on any atom is -0.319 e. The molecule has 0 aliphatic heterocycles. The molecule has 0 saturated heterocycles. The molecule has 8 heteroatoms. The normalized spacial score (nSPS) is 11.4. The summed E-state index contributed by atoms with van der Waals surface area (Å²) in [6.07, 6.45) is -2.63. The maximum atomic E-state index is 13.5. The van der Waals surface area contributed by atoms with Crippen LogP contribution in [-0.2, 0) is 6.18 Å². The van der Waals surface area contributed by atoms with Gasteiger partial charge in [-0.3, -0.25) is 4.79 Å². The molecule has 1 N–H and O–H groups in total. The maximum Gasteiger partial charge on any atom is 0.434 e. The van der Waals surface area contributed by atoms with Crippen molar-refractivity contribution < 1.29 is 22.4 Å². The lowest BCUT2D eigenvalue weighted by Crippen LogP contribution is -2.12. The van der Waals surface area contributed by atoms with Crippen molar-refractivity contribution in [2.75, 3.05) is 5.32 Å². The van der Waals surface area contributed by atoms with E-state index in [1.807, 2.05) is 0 Å². The Hall–Kier alpha value is -3.16. The van der Waals surface area contributed by atoms with Crippen molar-refractivity contribution in [3.63, 3.8) is 0 Å². The third-order valence-corrected chi connectivity index (χ3v) is 3.42. The second-order valence-corrected chi connectivity index (χ2v) is 5.14. The van der Waals surface area contributed by atoms with Crippen LogP contribution >= 0.6 is 0 Å². The monoisotopic (exact) mass is 349 g/mol. The van der Waals surface area contributed by atoms with Gasteiger partial charge in [-0.25, -0.2) is 9.37 Å². The van der Waals surface area contributed by atoms with Crippen LogP contribution in [0.1, 0.15) is 16.1 Å². The van der Waals surface area contributed by atoms with Crippen molar-refractivity contribution in [2.45, 2.75) is 6.18 Å². The van der Waals surface area contributed by atoms with Gasteiger partial charge in [0, 0.05) is 17.4 Å². The van der Waals surface area contributed by atoms with E-state index in [1.54, 1.807) is 6.07 Å². The molecule has 1 amide bonds. The van der Waals surface area contributed by atoms with Crippen molar-refractivity contribution in [3.8, 4) is 5.69 Å². The number of carbonyl (C=O) groups is 1. The molecular weight excluding hydrogens is 338 g/mol. The van der Waals surface area contributed by atoms with Crippen molar-refractivity contribution in [3.05, 3.63) is 78.1 Å². The van der Waals surface area contributed by atoms with Gasteiger partial charge >= 0.3 is 6.18 Å². The van der Waals surface area contributed by atoms with E-state index in [0.717, 1.165) is 12.5 Å². The van der Waals surface area contributed by atoms with Crippen molar-refractivity contribution in [1.82, 2.24) is 9.55 Å². The molecule has 0 spiro atoms. The average Bonchev–Trinajstić information content (AvgIpc) is 3.07. The standard InChI is InChI=1S/C17H11F4N3O/c18-13-3-1-2-4-14(13)23-16(25)11-5-7-12(8-6-11)24-9-15(22-10-24)17(19,20)21/h1-10H,(H,23,25). The number of hydrogen-bond donors (Lipinski definition) is 1.